The summed E-state index contributed by atoms with van der Waals surface area (Å²) in [5.41, 5.74) is 4.63. The highest BCUT2D eigenvalue weighted by molar-refractivity contribution is 5.69. The van der Waals surface area contributed by atoms with Crippen molar-refractivity contribution in [1.29, 1.82) is 0 Å². The van der Waals surface area contributed by atoms with E-state index >= 15 is 0 Å². The van der Waals surface area contributed by atoms with Crippen LogP contribution in [0.25, 0.3) is 12.2 Å². The lowest BCUT2D eigenvalue weighted by atomic mass is 9.48. The molecule has 0 atom stereocenters. The summed E-state index contributed by atoms with van der Waals surface area (Å²) >= 11 is 0. The molecule has 1 aromatic heterocycles. The van der Waals surface area contributed by atoms with E-state index in [9.17, 15) is 0 Å². The van der Waals surface area contributed by atoms with Crippen molar-refractivity contribution < 1.29 is 0 Å². The maximum absolute atomic E-state index is 4.07. The minimum Gasteiger partial charge on any atom is -0.265 e. The summed E-state index contributed by atoms with van der Waals surface area (Å²) in [6, 6.07) is 13.5. The molecule has 2 aromatic rings. The lowest BCUT2D eigenvalue weighted by Crippen LogP contribution is -2.48. The number of hydrogen-bond acceptors (Lipinski definition) is 1. The van der Waals surface area contributed by atoms with Gasteiger partial charge in [0.1, 0.15) is 0 Å². The molecule has 4 saturated carbocycles. The van der Waals surface area contributed by atoms with E-state index in [2.05, 4.69) is 41.4 Å². The highest BCUT2D eigenvalue weighted by Crippen LogP contribution is 2.60. The maximum atomic E-state index is 4.07. The molecule has 4 bridgehead atoms. The van der Waals surface area contributed by atoms with E-state index in [0.29, 0.717) is 5.41 Å². The Kier molecular flexibility index (Phi) is 3.36. The molecule has 0 spiro atoms. The fourth-order valence-corrected chi connectivity index (χ4v) is 6.08. The van der Waals surface area contributed by atoms with Crippen LogP contribution in [0.2, 0.25) is 0 Å². The predicted octanol–water partition coefficient (Wildman–Crippen LogP) is 5.72. The summed E-state index contributed by atoms with van der Waals surface area (Å²) in [6.45, 7) is 0. The second-order valence-electron chi connectivity index (χ2n) is 8.43. The lowest BCUT2D eigenvalue weighted by molar-refractivity contribution is -0.00518. The summed E-state index contributed by atoms with van der Waals surface area (Å²) in [5, 5.41) is 0. The zero-order valence-electron chi connectivity index (χ0n) is 14.2. The summed E-state index contributed by atoms with van der Waals surface area (Å²) in [5.74, 6) is 3.05. The van der Waals surface area contributed by atoms with Crippen LogP contribution in [-0.2, 0) is 5.41 Å². The topological polar surface area (TPSA) is 12.9 Å². The summed E-state index contributed by atoms with van der Waals surface area (Å²) in [4.78, 5) is 4.07. The molecular formula is C23H25N. The largest absolute Gasteiger partial charge is 0.265 e. The fraction of sp³-hybridized carbons (Fsp3) is 0.435. The van der Waals surface area contributed by atoms with Crippen molar-refractivity contribution in [3.05, 3.63) is 65.5 Å². The SMILES string of the molecule is C(=Cc1ccc(C23CC4CC(CC(C4)C2)C3)cc1)c1ccncc1. The van der Waals surface area contributed by atoms with Crippen molar-refractivity contribution in [3.63, 3.8) is 0 Å². The molecular weight excluding hydrogens is 290 g/mol. The number of rotatable bonds is 3. The second-order valence-corrected chi connectivity index (χ2v) is 8.43. The Morgan fingerprint density at radius 1 is 0.708 bits per heavy atom. The van der Waals surface area contributed by atoms with Crippen molar-refractivity contribution in [1.82, 2.24) is 4.98 Å². The van der Waals surface area contributed by atoms with Gasteiger partial charge in [0.15, 0.2) is 0 Å². The summed E-state index contributed by atoms with van der Waals surface area (Å²) in [6.07, 6.45) is 17.0. The van der Waals surface area contributed by atoms with E-state index in [-0.39, 0.29) is 0 Å². The Hall–Kier alpha value is -1.89. The standard InChI is InChI=1S/C23H25N/c1(2-18-7-9-24-10-8-18)17-3-5-22(6-4-17)23-14-19-11-20(15-23)13-21(12-19)16-23/h1-10,19-21H,11-16H2. The molecule has 1 nitrogen and oxygen atoms in total. The van der Waals surface area contributed by atoms with Crippen LogP contribution in [0.4, 0.5) is 0 Å². The van der Waals surface area contributed by atoms with Crippen LogP contribution in [-0.4, -0.2) is 4.98 Å². The first-order valence-corrected chi connectivity index (χ1v) is 9.48. The highest BCUT2D eigenvalue weighted by atomic mass is 14.6. The molecule has 0 saturated heterocycles. The van der Waals surface area contributed by atoms with Gasteiger partial charge in [-0.2, -0.15) is 0 Å². The van der Waals surface area contributed by atoms with Gasteiger partial charge in [0.05, 0.1) is 0 Å². The van der Waals surface area contributed by atoms with Gasteiger partial charge in [-0.05, 0) is 90.5 Å². The number of pyridine rings is 1. The minimum absolute atomic E-state index is 0.516. The Bertz CT molecular complexity index is 706. The quantitative estimate of drug-likeness (QED) is 0.706. The summed E-state index contributed by atoms with van der Waals surface area (Å²) < 4.78 is 0. The molecule has 4 fully saturated rings. The lowest BCUT2D eigenvalue weighted by Gasteiger charge is -2.57. The third-order valence-electron chi connectivity index (χ3n) is 6.74. The van der Waals surface area contributed by atoms with E-state index < -0.39 is 0 Å². The van der Waals surface area contributed by atoms with Gasteiger partial charge < -0.3 is 0 Å². The van der Waals surface area contributed by atoms with Crippen molar-refractivity contribution in [2.75, 3.05) is 0 Å². The monoisotopic (exact) mass is 315 g/mol. The molecule has 4 aliphatic carbocycles. The Labute approximate surface area is 144 Å². The van der Waals surface area contributed by atoms with Gasteiger partial charge in [-0.3, -0.25) is 4.98 Å². The normalized spacial score (nSPS) is 34.1. The van der Waals surface area contributed by atoms with Gasteiger partial charge in [0.25, 0.3) is 0 Å². The van der Waals surface area contributed by atoms with Crippen LogP contribution < -0.4 is 0 Å². The van der Waals surface area contributed by atoms with Crippen LogP contribution in [0.1, 0.15) is 55.2 Å². The molecule has 0 N–H and O–H groups in total. The number of aromatic nitrogens is 1. The smallest absolute Gasteiger partial charge is 0.0273 e. The van der Waals surface area contributed by atoms with E-state index in [4.69, 9.17) is 0 Å². The highest BCUT2D eigenvalue weighted by Gasteiger charge is 2.51. The molecule has 6 rings (SSSR count). The summed E-state index contributed by atoms with van der Waals surface area (Å²) in [7, 11) is 0. The average Bonchev–Trinajstić information content (AvgIpc) is 2.60. The molecule has 0 aliphatic heterocycles. The molecule has 1 heteroatoms. The molecule has 24 heavy (non-hydrogen) atoms. The third kappa shape index (κ3) is 2.51. The minimum atomic E-state index is 0.516. The van der Waals surface area contributed by atoms with Gasteiger partial charge in [-0.1, -0.05) is 36.4 Å². The Morgan fingerprint density at radius 2 is 1.21 bits per heavy atom. The Balaban J connectivity index is 1.38. The fourth-order valence-electron chi connectivity index (χ4n) is 6.08. The van der Waals surface area contributed by atoms with Crippen LogP contribution in [0.15, 0.2) is 48.8 Å². The molecule has 4 aliphatic rings. The van der Waals surface area contributed by atoms with Gasteiger partial charge in [-0.15, -0.1) is 0 Å². The Morgan fingerprint density at radius 3 is 1.75 bits per heavy atom. The van der Waals surface area contributed by atoms with E-state index in [1.165, 1.54) is 49.7 Å². The predicted molar refractivity (Wildman–Crippen MR) is 99.5 cm³/mol. The van der Waals surface area contributed by atoms with E-state index in [1.807, 2.05) is 24.5 Å². The first-order chi connectivity index (χ1) is 11.8. The van der Waals surface area contributed by atoms with Crippen LogP contribution >= 0.6 is 0 Å². The second kappa shape index (κ2) is 5.58. The average molecular weight is 315 g/mol. The number of hydrogen-bond donors (Lipinski definition) is 0. The van der Waals surface area contributed by atoms with Gasteiger partial charge in [0.2, 0.25) is 0 Å². The van der Waals surface area contributed by atoms with Crippen LogP contribution in [0, 0.1) is 17.8 Å². The number of nitrogens with zero attached hydrogens (tertiary/aromatic N) is 1. The maximum Gasteiger partial charge on any atom is 0.0273 e. The first kappa shape index (κ1) is 14.5. The van der Waals surface area contributed by atoms with Crippen LogP contribution in [0.5, 0.6) is 0 Å². The van der Waals surface area contributed by atoms with Gasteiger partial charge in [0, 0.05) is 12.4 Å². The number of benzene rings is 1. The van der Waals surface area contributed by atoms with Crippen molar-refractivity contribution >= 4 is 12.2 Å². The first-order valence-electron chi connectivity index (χ1n) is 9.48. The van der Waals surface area contributed by atoms with Crippen LogP contribution in [0.3, 0.4) is 0 Å². The molecule has 0 unspecified atom stereocenters. The van der Waals surface area contributed by atoms with Crippen molar-refractivity contribution in [2.24, 2.45) is 17.8 Å². The van der Waals surface area contributed by atoms with E-state index in [1.54, 1.807) is 5.56 Å². The van der Waals surface area contributed by atoms with Crippen molar-refractivity contribution in [3.8, 4) is 0 Å². The molecule has 1 heterocycles. The molecule has 0 amide bonds. The third-order valence-corrected chi connectivity index (χ3v) is 6.74. The zero-order valence-corrected chi connectivity index (χ0v) is 14.2. The van der Waals surface area contributed by atoms with E-state index in [0.717, 1.165) is 17.8 Å². The molecule has 0 radical (unpaired) electrons. The van der Waals surface area contributed by atoms with Gasteiger partial charge >= 0.3 is 0 Å². The van der Waals surface area contributed by atoms with Gasteiger partial charge in [-0.25, -0.2) is 0 Å². The zero-order chi connectivity index (χ0) is 16.0. The molecule has 1 aromatic carbocycles. The molecule has 122 valence electrons. The van der Waals surface area contributed by atoms with Crippen molar-refractivity contribution in [2.45, 2.75) is 43.9 Å².